The molecule has 2 aromatic rings. The zero-order valence-electron chi connectivity index (χ0n) is 14.6. The minimum absolute atomic E-state index is 0.00897. The van der Waals surface area contributed by atoms with E-state index in [-0.39, 0.29) is 11.3 Å². The molecule has 10 heteroatoms. The summed E-state index contributed by atoms with van der Waals surface area (Å²) in [6.45, 7) is 4.95. The Morgan fingerprint density at radius 1 is 1.48 bits per heavy atom. The maximum Gasteiger partial charge on any atom is 0.417 e. The van der Waals surface area contributed by atoms with Gasteiger partial charge in [0.1, 0.15) is 5.15 Å². The van der Waals surface area contributed by atoms with Crippen molar-refractivity contribution < 1.29 is 22.7 Å². The van der Waals surface area contributed by atoms with E-state index in [0.29, 0.717) is 24.0 Å². The van der Waals surface area contributed by atoms with E-state index in [9.17, 15) is 18.0 Å². The maximum absolute atomic E-state index is 13.2. The molecule has 1 fully saturated rings. The molecule has 1 unspecified atom stereocenters. The monoisotopic (exact) mass is 419 g/mol. The second kappa shape index (κ2) is 7.73. The number of pyridine rings is 1. The Labute approximate surface area is 162 Å². The Balaban J connectivity index is 2.03. The van der Waals surface area contributed by atoms with Crippen molar-refractivity contribution in [1.29, 1.82) is 0 Å². The van der Waals surface area contributed by atoms with Gasteiger partial charge in [-0.05, 0) is 32.8 Å². The molecular formula is C17H17ClF3N3O2S. The minimum atomic E-state index is -4.73. The molecule has 1 saturated heterocycles. The summed E-state index contributed by atoms with van der Waals surface area (Å²) in [7, 11) is 0. The molecule has 146 valence electrons. The van der Waals surface area contributed by atoms with E-state index in [0.717, 1.165) is 29.6 Å². The van der Waals surface area contributed by atoms with Crippen molar-refractivity contribution in [1.82, 2.24) is 9.55 Å². The predicted octanol–water partition coefficient (Wildman–Crippen LogP) is 4.15. The number of hydrogen-bond donors (Lipinski definition) is 0. The summed E-state index contributed by atoms with van der Waals surface area (Å²) in [4.78, 5) is 21.4. The van der Waals surface area contributed by atoms with E-state index >= 15 is 0 Å². The molecule has 0 saturated carbocycles. The van der Waals surface area contributed by atoms with Gasteiger partial charge in [-0.1, -0.05) is 11.6 Å². The molecule has 0 bridgehead atoms. The number of carbonyl (C=O) groups excluding carboxylic acids is 1. The largest absolute Gasteiger partial charge is 0.417 e. The predicted molar refractivity (Wildman–Crippen MR) is 94.9 cm³/mol. The topological polar surface area (TPSA) is 56.5 Å². The Kier molecular flexibility index (Phi) is 5.73. The Bertz CT molecular complexity index is 930. The summed E-state index contributed by atoms with van der Waals surface area (Å²) < 4.78 is 47.2. The molecule has 1 amide bonds. The lowest BCUT2D eigenvalue weighted by Crippen LogP contribution is -2.25. The molecule has 3 heterocycles. The van der Waals surface area contributed by atoms with Crippen molar-refractivity contribution in [3.05, 3.63) is 43.9 Å². The second-order valence-electron chi connectivity index (χ2n) is 6.24. The quantitative estimate of drug-likeness (QED) is 0.702. The van der Waals surface area contributed by atoms with Crippen LogP contribution in [0.1, 0.15) is 39.3 Å². The SMILES string of the molecule is Cc1sc(=NC(=O)c2cnc(Cl)cc2C(F)(F)F)n(CC2CCCO2)c1C. The molecule has 1 aliphatic rings. The summed E-state index contributed by atoms with van der Waals surface area (Å²) in [6.07, 6.45) is -2.05. The Hall–Kier alpha value is -1.71. The van der Waals surface area contributed by atoms with Crippen LogP contribution in [0.3, 0.4) is 0 Å². The number of carbonyl (C=O) groups is 1. The number of nitrogens with zero attached hydrogens (tertiary/aromatic N) is 3. The number of hydrogen-bond acceptors (Lipinski definition) is 4. The van der Waals surface area contributed by atoms with Crippen LogP contribution in [0, 0.1) is 13.8 Å². The molecule has 5 nitrogen and oxygen atoms in total. The van der Waals surface area contributed by atoms with Crippen molar-refractivity contribution in [2.45, 2.75) is 45.5 Å². The van der Waals surface area contributed by atoms with Crippen LogP contribution < -0.4 is 4.80 Å². The van der Waals surface area contributed by atoms with Crippen LogP contribution in [-0.2, 0) is 17.5 Å². The first kappa shape index (κ1) is 20.0. The fourth-order valence-corrected chi connectivity index (χ4v) is 4.01. The summed E-state index contributed by atoms with van der Waals surface area (Å²) in [5, 5.41) is -0.338. The number of alkyl halides is 3. The zero-order chi connectivity index (χ0) is 19.8. The third-order valence-corrected chi connectivity index (χ3v) is 5.71. The van der Waals surface area contributed by atoms with Crippen LogP contribution in [0.2, 0.25) is 5.15 Å². The zero-order valence-corrected chi connectivity index (χ0v) is 16.2. The van der Waals surface area contributed by atoms with Crippen LogP contribution in [0.25, 0.3) is 0 Å². The van der Waals surface area contributed by atoms with E-state index in [1.807, 2.05) is 18.4 Å². The van der Waals surface area contributed by atoms with E-state index in [1.54, 1.807) is 0 Å². The average Bonchev–Trinajstić information content (AvgIpc) is 3.18. The Morgan fingerprint density at radius 2 is 2.22 bits per heavy atom. The van der Waals surface area contributed by atoms with Crippen molar-refractivity contribution in [3.8, 4) is 0 Å². The number of ether oxygens (including phenoxy) is 1. The molecule has 0 aliphatic carbocycles. The lowest BCUT2D eigenvalue weighted by atomic mass is 10.1. The Morgan fingerprint density at radius 3 is 2.85 bits per heavy atom. The molecule has 0 spiro atoms. The second-order valence-corrected chi connectivity index (χ2v) is 7.81. The molecule has 1 atom stereocenters. The lowest BCUT2D eigenvalue weighted by molar-refractivity contribution is -0.138. The van der Waals surface area contributed by atoms with Crippen LogP contribution in [0.5, 0.6) is 0 Å². The van der Waals surface area contributed by atoms with Gasteiger partial charge in [0, 0.05) is 23.4 Å². The summed E-state index contributed by atoms with van der Waals surface area (Å²) >= 11 is 6.82. The first-order chi connectivity index (χ1) is 12.7. The summed E-state index contributed by atoms with van der Waals surface area (Å²) in [5.41, 5.74) is -0.862. The number of aryl methyl sites for hydroxylation is 1. The number of halogens is 4. The van der Waals surface area contributed by atoms with Gasteiger partial charge in [-0.2, -0.15) is 18.2 Å². The number of amides is 1. The highest BCUT2D eigenvalue weighted by atomic mass is 35.5. The minimum Gasteiger partial charge on any atom is -0.376 e. The molecule has 0 N–H and O–H groups in total. The van der Waals surface area contributed by atoms with Crippen LogP contribution >= 0.6 is 22.9 Å². The summed E-state index contributed by atoms with van der Waals surface area (Å²) in [5.74, 6) is -1.01. The average molecular weight is 420 g/mol. The van der Waals surface area contributed by atoms with Gasteiger partial charge in [0.15, 0.2) is 4.80 Å². The first-order valence-electron chi connectivity index (χ1n) is 8.27. The highest BCUT2D eigenvalue weighted by molar-refractivity contribution is 7.09. The van der Waals surface area contributed by atoms with Gasteiger partial charge in [0.2, 0.25) is 0 Å². The normalized spacial score (nSPS) is 18.3. The van der Waals surface area contributed by atoms with Gasteiger partial charge in [0.25, 0.3) is 5.91 Å². The van der Waals surface area contributed by atoms with Gasteiger partial charge in [-0.25, -0.2) is 4.98 Å². The van der Waals surface area contributed by atoms with E-state index in [1.165, 1.54) is 11.3 Å². The summed E-state index contributed by atoms with van der Waals surface area (Å²) in [6, 6.07) is 0.635. The van der Waals surface area contributed by atoms with Crippen molar-refractivity contribution >= 4 is 28.8 Å². The van der Waals surface area contributed by atoms with Gasteiger partial charge in [-0.15, -0.1) is 11.3 Å². The number of rotatable bonds is 3. The van der Waals surface area contributed by atoms with Crippen molar-refractivity contribution in [2.75, 3.05) is 6.61 Å². The van der Waals surface area contributed by atoms with E-state index < -0.39 is 23.2 Å². The van der Waals surface area contributed by atoms with Crippen LogP contribution in [0.4, 0.5) is 13.2 Å². The fourth-order valence-electron chi connectivity index (χ4n) is 2.87. The molecule has 3 rings (SSSR count). The fraction of sp³-hybridized carbons (Fsp3) is 0.471. The number of thiazole rings is 1. The number of aromatic nitrogens is 2. The molecule has 0 radical (unpaired) electrons. The smallest absolute Gasteiger partial charge is 0.376 e. The third kappa shape index (κ3) is 4.41. The standard InChI is InChI=1S/C17H17ClF3N3O2S/c1-9-10(2)27-16(24(9)8-11-4-3-5-26-11)23-15(25)12-7-22-14(18)6-13(12)17(19,20)21/h6-7,11H,3-5,8H2,1-2H3. The van der Waals surface area contributed by atoms with E-state index in [2.05, 4.69) is 9.98 Å². The van der Waals surface area contributed by atoms with Gasteiger partial charge in [-0.3, -0.25) is 4.79 Å². The highest BCUT2D eigenvalue weighted by Crippen LogP contribution is 2.33. The molecule has 0 aromatic carbocycles. The molecule has 1 aliphatic heterocycles. The maximum atomic E-state index is 13.2. The highest BCUT2D eigenvalue weighted by Gasteiger charge is 2.36. The van der Waals surface area contributed by atoms with Gasteiger partial charge < -0.3 is 9.30 Å². The molecule has 2 aromatic heterocycles. The first-order valence-corrected chi connectivity index (χ1v) is 9.46. The van der Waals surface area contributed by atoms with Crippen molar-refractivity contribution in [3.63, 3.8) is 0 Å². The third-order valence-electron chi connectivity index (χ3n) is 4.40. The van der Waals surface area contributed by atoms with Gasteiger partial charge in [0.05, 0.1) is 23.8 Å². The van der Waals surface area contributed by atoms with Crippen LogP contribution in [0.15, 0.2) is 17.3 Å². The van der Waals surface area contributed by atoms with Crippen LogP contribution in [-0.4, -0.2) is 28.2 Å². The van der Waals surface area contributed by atoms with E-state index in [4.69, 9.17) is 16.3 Å². The molecule has 27 heavy (non-hydrogen) atoms. The lowest BCUT2D eigenvalue weighted by Gasteiger charge is -2.12. The molecular weight excluding hydrogens is 403 g/mol. The van der Waals surface area contributed by atoms with Gasteiger partial charge >= 0.3 is 6.18 Å². The van der Waals surface area contributed by atoms with Crippen molar-refractivity contribution in [2.24, 2.45) is 4.99 Å².